The number of thiazole rings is 1. The van der Waals surface area contributed by atoms with E-state index in [1.165, 1.54) is 11.3 Å². The van der Waals surface area contributed by atoms with Crippen LogP contribution in [0.4, 0.5) is 0 Å². The van der Waals surface area contributed by atoms with Crippen molar-refractivity contribution in [3.05, 3.63) is 76.1 Å². The van der Waals surface area contributed by atoms with Gasteiger partial charge in [0.25, 0.3) is 5.91 Å². The number of hydrogen-bond donors (Lipinski definition) is 0. The summed E-state index contributed by atoms with van der Waals surface area (Å²) in [6.45, 7) is 1.97. The van der Waals surface area contributed by atoms with Gasteiger partial charge in [-0.1, -0.05) is 71.5 Å². The molecule has 7 heteroatoms. The average molecular weight is 439 g/mol. The standard InChI is InChI=1S/C23H19ClN2O3S/c1-2-29-21(28)14-26-22-18(24)11-6-12-19(22)30-23(26)25-20(27)13-16-9-5-8-15-7-3-4-10-17(15)16/h3-12H,2,13-14H2,1H3. The number of para-hydroxylation sites is 1. The van der Waals surface area contributed by atoms with Crippen LogP contribution in [0.1, 0.15) is 12.5 Å². The molecule has 0 fully saturated rings. The first kappa shape index (κ1) is 20.3. The molecule has 0 bridgehead atoms. The van der Waals surface area contributed by atoms with Crippen molar-refractivity contribution in [2.24, 2.45) is 4.99 Å². The molecule has 0 aliphatic rings. The number of nitrogens with zero attached hydrogens (tertiary/aromatic N) is 2. The van der Waals surface area contributed by atoms with Crippen LogP contribution in [-0.2, 0) is 27.3 Å². The summed E-state index contributed by atoms with van der Waals surface area (Å²) in [5.74, 6) is -0.688. The van der Waals surface area contributed by atoms with Crippen LogP contribution in [0.2, 0.25) is 5.02 Å². The predicted molar refractivity (Wildman–Crippen MR) is 120 cm³/mol. The van der Waals surface area contributed by atoms with Gasteiger partial charge in [-0.05, 0) is 35.4 Å². The number of esters is 1. The van der Waals surface area contributed by atoms with Crippen LogP contribution >= 0.6 is 22.9 Å². The van der Waals surface area contributed by atoms with Crippen LogP contribution in [0, 0.1) is 0 Å². The Hall–Kier alpha value is -2.96. The summed E-state index contributed by atoms with van der Waals surface area (Å²) in [6.07, 6.45) is 0.169. The quantitative estimate of drug-likeness (QED) is 0.423. The van der Waals surface area contributed by atoms with Gasteiger partial charge < -0.3 is 9.30 Å². The highest BCUT2D eigenvalue weighted by Gasteiger charge is 2.15. The first-order valence-corrected chi connectivity index (χ1v) is 10.7. The van der Waals surface area contributed by atoms with Crippen LogP contribution < -0.4 is 4.80 Å². The predicted octanol–water partition coefficient (Wildman–Crippen LogP) is 4.74. The van der Waals surface area contributed by atoms with Crippen molar-refractivity contribution < 1.29 is 14.3 Å². The molecular formula is C23H19ClN2O3S. The van der Waals surface area contributed by atoms with E-state index in [4.69, 9.17) is 16.3 Å². The highest BCUT2D eigenvalue weighted by atomic mass is 35.5. The molecule has 0 saturated carbocycles. The van der Waals surface area contributed by atoms with Crippen LogP contribution in [0.3, 0.4) is 0 Å². The lowest BCUT2D eigenvalue weighted by atomic mass is 10.0. The number of hydrogen-bond acceptors (Lipinski definition) is 4. The second-order valence-electron chi connectivity index (χ2n) is 6.68. The van der Waals surface area contributed by atoms with Crippen molar-refractivity contribution in [3.63, 3.8) is 0 Å². The van der Waals surface area contributed by atoms with Crippen molar-refractivity contribution in [2.75, 3.05) is 6.61 Å². The Morgan fingerprint density at radius 1 is 1.07 bits per heavy atom. The van der Waals surface area contributed by atoms with E-state index in [2.05, 4.69) is 4.99 Å². The fraction of sp³-hybridized carbons (Fsp3) is 0.174. The number of benzene rings is 3. The Morgan fingerprint density at radius 2 is 1.83 bits per heavy atom. The number of carbonyl (C=O) groups excluding carboxylic acids is 2. The van der Waals surface area contributed by atoms with Crippen molar-refractivity contribution >= 4 is 55.8 Å². The molecule has 4 rings (SSSR count). The van der Waals surface area contributed by atoms with Crippen molar-refractivity contribution in [2.45, 2.75) is 19.9 Å². The van der Waals surface area contributed by atoms with Gasteiger partial charge in [-0.15, -0.1) is 0 Å². The van der Waals surface area contributed by atoms with Gasteiger partial charge >= 0.3 is 5.97 Å². The van der Waals surface area contributed by atoms with Gasteiger partial charge in [-0.3, -0.25) is 9.59 Å². The van der Waals surface area contributed by atoms with Crippen molar-refractivity contribution in [1.82, 2.24) is 4.57 Å². The molecule has 1 aromatic heterocycles. The smallest absolute Gasteiger partial charge is 0.326 e. The van der Waals surface area contributed by atoms with Crippen LogP contribution in [0.5, 0.6) is 0 Å². The van der Waals surface area contributed by atoms with E-state index in [1.807, 2.05) is 54.6 Å². The lowest BCUT2D eigenvalue weighted by Crippen LogP contribution is -2.23. The Balaban J connectivity index is 1.75. The summed E-state index contributed by atoms with van der Waals surface area (Å²) in [5.41, 5.74) is 1.59. The molecule has 30 heavy (non-hydrogen) atoms. The summed E-state index contributed by atoms with van der Waals surface area (Å²) in [4.78, 5) is 29.7. The molecular weight excluding hydrogens is 420 g/mol. The molecule has 0 atom stereocenters. The van der Waals surface area contributed by atoms with Crippen molar-refractivity contribution in [1.29, 1.82) is 0 Å². The number of fused-ring (bicyclic) bond motifs is 2. The van der Waals surface area contributed by atoms with Gasteiger partial charge in [-0.2, -0.15) is 4.99 Å². The van der Waals surface area contributed by atoms with Crippen LogP contribution in [0.25, 0.3) is 21.0 Å². The van der Waals surface area contributed by atoms with E-state index in [0.29, 0.717) is 15.3 Å². The number of aromatic nitrogens is 1. The third-order valence-electron chi connectivity index (χ3n) is 4.69. The SMILES string of the molecule is CCOC(=O)Cn1c(=NC(=O)Cc2cccc3ccccc23)sc2cccc(Cl)c21. The second-order valence-corrected chi connectivity index (χ2v) is 8.10. The van der Waals surface area contributed by atoms with Gasteiger partial charge in [0.2, 0.25) is 0 Å². The summed E-state index contributed by atoms with van der Waals surface area (Å²) in [6, 6.07) is 19.3. The summed E-state index contributed by atoms with van der Waals surface area (Å²) < 4.78 is 7.59. The zero-order chi connectivity index (χ0) is 21.1. The molecule has 1 amide bonds. The van der Waals surface area contributed by atoms with Gasteiger partial charge in [0.05, 0.1) is 28.3 Å². The van der Waals surface area contributed by atoms with Gasteiger partial charge in [-0.25, -0.2) is 0 Å². The number of rotatable bonds is 5. The maximum atomic E-state index is 12.8. The Bertz CT molecular complexity index is 1320. The molecule has 0 spiro atoms. The Labute approximate surface area is 182 Å². The topological polar surface area (TPSA) is 60.7 Å². The molecule has 0 aliphatic heterocycles. The third-order valence-corrected chi connectivity index (χ3v) is 6.03. The summed E-state index contributed by atoms with van der Waals surface area (Å²) in [5, 5.41) is 2.60. The first-order valence-electron chi connectivity index (χ1n) is 9.54. The number of carbonyl (C=O) groups is 2. The fourth-order valence-electron chi connectivity index (χ4n) is 3.41. The monoisotopic (exact) mass is 438 g/mol. The highest BCUT2D eigenvalue weighted by Crippen LogP contribution is 2.25. The Kier molecular flexibility index (Phi) is 5.97. The molecule has 0 aliphatic carbocycles. The number of ether oxygens (including phenoxy) is 1. The Morgan fingerprint density at radius 3 is 2.67 bits per heavy atom. The minimum atomic E-state index is -0.403. The normalized spacial score (nSPS) is 11.9. The van der Waals surface area contributed by atoms with Gasteiger partial charge in [0.15, 0.2) is 4.80 Å². The van der Waals surface area contributed by atoms with Crippen molar-refractivity contribution in [3.8, 4) is 0 Å². The lowest BCUT2D eigenvalue weighted by Gasteiger charge is -2.06. The number of amides is 1. The van der Waals surface area contributed by atoms with Gasteiger partial charge in [0, 0.05) is 0 Å². The molecule has 3 aromatic carbocycles. The third kappa shape index (κ3) is 4.15. The molecule has 0 radical (unpaired) electrons. The fourth-order valence-corrected chi connectivity index (χ4v) is 4.82. The highest BCUT2D eigenvalue weighted by molar-refractivity contribution is 7.16. The van der Waals surface area contributed by atoms with Crippen LogP contribution in [-0.4, -0.2) is 23.1 Å². The summed E-state index contributed by atoms with van der Waals surface area (Å²) >= 11 is 7.70. The maximum absolute atomic E-state index is 12.8. The van der Waals surface area contributed by atoms with E-state index >= 15 is 0 Å². The number of halogens is 1. The molecule has 152 valence electrons. The molecule has 1 heterocycles. The minimum Gasteiger partial charge on any atom is -0.465 e. The zero-order valence-corrected chi connectivity index (χ0v) is 17.9. The zero-order valence-electron chi connectivity index (χ0n) is 16.3. The average Bonchev–Trinajstić information content (AvgIpc) is 3.06. The molecule has 0 saturated heterocycles. The molecule has 4 aromatic rings. The maximum Gasteiger partial charge on any atom is 0.326 e. The first-order chi connectivity index (χ1) is 14.6. The van der Waals surface area contributed by atoms with E-state index < -0.39 is 5.97 Å². The van der Waals surface area contributed by atoms with E-state index in [0.717, 1.165) is 21.0 Å². The van der Waals surface area contributed by atoms with E-state index in [1.54, 1.807) is 17.6 Å². The molecule has 0 unspecified atom stereocenters. The minimum absolute atomic E-state index is 0.0576. The van der Waals surface area contributed by atoms with Gasteiger partial charge in [0.1, 0.15) is 6.54 Å². The largest absolute Gasteiger partial charge is 0.465 e. The van der Waals surface area contributed by atoms with E-state index in [9.17, 15) is 9.59 Å². The summed E-state index contributed by atoms with van der Waals surface area (Å²) in [7, 11) is 0. The molecule has 5 nitrogen and oxygen atoms in total. The second kappa shape index (κ2) is 8.81. The van der Waals surface area contributed by atoms with E-state index in [-0.39, 0.29) is 25.5 Å². The van der Waals surface area contributed by atoms with Crippen LogP contribution in [0.15, 0.2) is 65.7 Å². The molecule has 0 N–H and O–H groups in total. The lowest BCUT2D eigenvalue weighted by molar-refractivity contribution is -0.143.